The molecule has 1 amide bonds. The summed E-state index contributed by atoms with van der Waals surface area (Å²) in [5.41, 5.74) is 0.106. The number of pyridine rings is 1. The molecular weight excluding hydrogens is 444 g/mol. The van der Waals surface area contributed by atoms with Gasteiger partial charge >= 0.3 is 6.09 Å². The molecule has 1 aliphatic heterocycles. The minimum Gasteiger partial charge on any atom is -0.444 e. The highest BCUT2D eigenvalue weighted by Gasteiger charge is 2.57. The monoisotopic (exact) mass is 466 g/mol. The van der Waals surface area contributed by atoms with Crippen molar-refractivity contribution in [1.29, 1.82) is 0 Å². The number of ether oxygens (including phenoxy) is 1. The first-order valence-corrected chi connectivity index (χ1v) is 11.3. The number of nitrogens with zero attached hydrogens (tertiary/aromatic N) is 4. The predicted molar refractivity (Wildman–Crippen MR) is 112 cm³/mol. The first-order chi connectivity index (χ1) is 13.2. The van der Waals surface area contributed by atoms with Gasteiger partial charge in [0.25, 0.3) is 5.56 Å². The number of thioether (sulfide) groups is 1. The van der Waals surface area contributed by atoms with Crippen LogP contribution in [0.25, 0.3) is 11.0 Å². The van der Waals surface area contributed by atoms with Crippen LogP contribution >= 0.6 is 27.7 Å². The van der Waals surface area contributed by atoms with Gasteiger partial charge in [0.1, 0.15) is 11.2 Å². The van der Waals surface area contributed by atoms with Gasteiger partial charge < -0.3 is 9.64 Å². The fraction of sp³-hybridized carbons (Fsp3) is 0.579. The van der Waals surface area contributed by atoms with Gasteiger partial charge in [-0.2, -0.15) is 0 Å². The van der Waals surface area contributed by atoms with Crippen molar-refractivity contribution in [1.82, 2.24) is 19.4 Å². The van der Waals surface area contributed by atoms with Crippen LogP contribution in [0.15, 0.2) is 26.7 Å². The second-order valence-corrected chi connectivity index (χ2v) is 10.0. The molecule has 0 aromatic carbocycles. The summed E-state index contributed by atoms with van der Waals surface area (Å²) in [6.07, 6.45) is 3.42. The van der Waals surface area contributed by atoms with Gasteiger partial charge in [0, 0.05) is 31.2 Å². The maximum atomic E-state index is 12.8. The Morgan fingerprint density at radius 2 is 2.04 bits per heavy atom. The summed E-state index contributed by atoms with van der Waals surface area (Å²) >= 11 is 4.82. The van der Waals surface area contributed by atoms with E-state index in [-0.39, 0.29) is 11.7 Å². The first kappa shape index (κ1) is 19.7. The quantitative estimate of drug-likeness (QED) is 0.509. The molecule has 2 aromatic rings. The van der Waals surface area contributed by atoms with E-state index >= 15 is 0 Å². The van der Waals surface area contributed by atoms with Gasteiger partial charge in [-0.05, 0) is 66.8 Å². The minimum atomic E-state index is -0.486. The molecule has 7 nitrogen and oxygen atoms in total. The summed E-state index contributed by atoms with van der Waals surface area (Å²) in [5, 5.41) is 1.49. The van der Waals surface area contributed by atoms with Crippen molar-refractivity contribution in [2.24, 2.45) is 17.8 Å². The molecular formula is C19H23BrN4O3S. The molecule has 2 aliphatic rings. The molecule has 0 bridgehead atoms. The largest absolute Gasteiger partial charge is 0.444 e. The van der Waals surface area contributed by atoms with Gasteiger partial charge in [0.2, 0.25) is 0 Å². The van der Waals surface area contributed by atoms with Gasteiger partial charge in [-0.3, -0.25) is 9.36 Å². The fourth-order valence-corrected chi connectivity index (χ4v) is 4.78. The van der Waals surface area contributed by atoms with Gasteiger partial charge in [-0.1, -0.05) is 11.8 Å². The number of aromatic nitrogens is 3. The number of carbonyl (C=O) groups is 1. The van der Waals surface area contributed by atoms with Crippen molar-refractivity contribution in [2.45, 2.75) is 38.1 Å². The summed E-state index contributed by atoms with van der Waals surface area (Å²) in [4.78, 5) is 35.7. The van der Waals surface area contributed by atoms with Crippen LogP contribution in [-0.4, -0.2) is 50.5 Å². The van der Waals surface area contributed by atoms with E-state index in [1.807, 2.05) is 27.0 Å². The number of hydrogen-bond donors (Lipinski definition) is 0. The van der Waals surface area contributed by atoms with Crippen LogP contribution in [0.5, 0.6) is 0 Å². The number of likely N-dealkylation sites (tertiary alicyclic amines) is 1. The summed E-state index contributed by atoms with van der Waals surface area (Å²) in [6, 6.07) is 1.77. The highest BCUT2D eigenvalue weighted by Crippen LogP contribution is 2.52. The Labute approximate surface area is 176 Å². The molecule has 2 fully saturated rings. The van der Waals surface area contributed by atoms with Crippen molar-refractivity contribution in [3.8, 4) is 0 Å². The van der Waals surface area contributed by atoms with E-state index in [1.54, 1.807) is 21.7 Å². The Morgan fingerprint density at radius 1 is 1.36 bits per heavy atom. The van der Waals surface area contributed by atoms with Crippen molar-refractivity contribution >= 4 is 44.8 Å². The zero-order chi connectivity index (χ0) is 20.2. The molecule has 2 aromatic heterocycles. The summed E-state index contributed by atoms with van der Waals surface area (Å²) in [5.74, 6) is 1.20. The lowest BCUT2D eigenvalue weighted by Crippen LogP contribution is -2.37. The van der Waals surface area contributed by atoms with E-state index in [9.17, 15) is 9.59 Å². The Morgan fingerprint density at radius 3 is 2.64 bits per heavy atom. The zero-order valence-corrected chi connectivity index (χ0v) is 18.7. The highest BCUT2D eigenvalue weighted by atomic mass is 79.9. The molecule has 28 heavy (non-hydrogen) atoms. The lowest BCUT2D eigenvalue weighted by molar-refractivity contribution is 0.0264. The molecule has 1 saturated heterocycles. The average molecular weight is 467 g/mol. The summed E-state index contributed by atoms with van der Waals surface area (Å²) in [7, 11) is 0. The molecule has 0 unspecified atom stereocenters. The SMILES string of the molecule is CSc1ncc2cc(Br)c(=O)n(C[C@@H]3[C@@H]4CN(C(=O)OC(C)(C)C)C[C@@H]43)c2n1. The molecule has 1 aliphatic carbocycles. The third kappa shape index (κ3) is 3.66. The van der Waals surface area contributed by atoms with Crippen LogP contribution in [0.2, 0.25) is 0 Å². The number of amides is 1. The number of rotatable bonds is 3. The van der Waals surface area contributed by atoms with E-state index in [0.717, 1.165) is 5.39 Å². The molecule has 3 heterocycles. The maximum absolute atomic E-state index is 12.8. The van der Waals surface area contributed by atoms with E-state index < -0.39 is 5.60 Å². The molecule has 0 radical (unpaired) electrons. The van der Waals surface area contributed by atoms with Crippen molar-refractivity contribution in [3.05, 3.63) is 27.1 Å². The number of fused-ring (bicyclic) bond motifs is 2. The zero-order valence-electron chi connectivity index (χ0n) is 16.3. The second-order valence-electron chi connectivity index (χ2n) is 8.42. The van der Waals surface area contributed by atoms with Gasteiger partial charge in [-0.25, -0.2) is 14.8 Å². The van der Waals surface area contributed by atoms with Crippen molar-refractivity contribution in [2.75, 3.05) is 19.3 Å². The van der Waals surface area contributed by atoms with Crippen molar-refractivity contribution < 1.29 is 9.53 Å². The van der Waals surface area contributed by atoms with Crippen molar-refractivity contribution in [3.63, 3.8) is 0 Å². The van der Waals surface area contributed by atoms with E-state index in [4.69, 9.17) is 4.74 Å². The van der Waals surface area contributed by atoms with Crippen LogP contribution in [0.1, 0.15) is 20.8 Å². The first-order valence-electron chi connectivity index (χ1n) is 9.26. The van der Waals surface area contributed by atoms with Crippen LogP contribution < -0.4 is 5.56 Å². The molecule has 0 N–H and O–H groups in total. The smallest absolute Gasteiger partial charge is 0.410 e. The van der Waals surface area contributed by atoms with Crippen LogP contribution in [0, 0.1) is 17.8 Å². The van der Waals surface area contributed by atoms with Crippen LogP contribution in [0.4, 0.5) is 4.79 Å². The summed E-state index contributed by atoms with van der Waals surface area (Å²) < 4.78 is 7.74. The lowest BCUT2D eigenvalue weighted by Gasteiger charge is -2.26. The number of carbonyl (C=O) groups excluding carboxylic acids is 1. The van der Waals surface area contributed by atoms with E-state index in [0.29, 0.717) is 52.7 Å². The molecule has 3 atom stereocenters. The lowest BCUT2D eigenvalue weighted by atomic mass is 10.2. The Balaban J connectivity index is 1.52. The molecule has 150 valence electrons. The van der Waals surface area contributed by atoms with E-state index in [2.05, 4.69) is 25.9 Å². The standard InChI is InChI=1S/C19H23BrN4O3S/c1-19(2,3)27-18(26)23-7-11-12(8-23)13(11)9-24-15-10(5-14(20)16(24)25)6-21-17(22-15)28-4/h5-6,11-13H,7-9H2,1-4H3/t11-,12+,13-. The van der Waals surface area contributed by atoms with Gasteiger partial charge in [0.05, 0.1) is 4.47 Å². The number of hydrogen-bond acceptors (Lipinski definition) is 6. The Kier molecular flexibility index (Phi) is 4.94. The number of halogens is 1. The van der Waals surface area contributed by atoms with Crippen LogP contribution in [-0.2, 0) is 11.3 Å². The van der Waals surface area contributed by atoms with Gasteiger partial charge in [-0.15, -0.1) is 0 Å². The topological polar surface area (TPSA) is 77.3 Å². The molecule has 1 saturated carbocycles. The normalized spacial score (nSPS) is 23.8. The Bertz CT molecular complexity index is 991. The molecule has 4 rings (SSSR count). The summed E-state index contributed by atoms with van der Waals surface area (Å²) in [6.45, 7) is 7.61. The minimum absolute atomic E-state index is 0.0766. The third-order valence-corrected chi connectivity index (χ3v) is 6.49. The third-order valence-electron chi connectivity index (χ3n) is 5.36. The Hall–Kier alpha value is -1.61. The second kappa shape index (κ2) is 7.02. The molecule has 9 heteroatoms. The maximum Gasteiger partial charge on any atom is 0.410 e. The fourth-order valence-electron chi connectivity index (χ4n) is 3.98. The van der Waals surface area contributed by atoms with E-state index in [1.165, 1.54) is 11.8 Å². The average Bonchev–Trinajstić information content (AvgIpc) is 3.06. The number of piperidine rings is 1. The van der Waals surface area contributed by atoms with Gasteiger partial charge in [0.15, 0.2) is 5.16 Å². The van der Waals surface area contributed by atoms with Crippen LogP contribution in [0.3, 0.4) is 0 Å². The predicted octanol–water partition coefficient (Wildman–Crippen LogP) is 3.39. The molecule has 0 spiro atoms. The highest BCUT2D eigenvalue weighted by molar-refractivity contribution is 9.10.